The summed E-state index contributed by atoms with van der Waals surface area (Å²) in [5.41, 5.74) is 2.99. The lowest BCUT2D eigenvalue weighted by Gasteiger charge is -2.40. The van der Waals surface area contributed by atoms with Gasteiger partial charge in [0, 0.05) is 31.5 Å². The maximum absolute atomic E-state index is 12.2. The van der Waals surface area contributed by atoms with Crippen molar-refractivity contribution in [2.75, 3.05) is 25.5 Å². The van der Waals surface area contributed by atoms with Crippen LogP contribution in [0.5, 0.6) is 0 Å². The zero-order valence-electron chi connectivity index (χ0n) is 11.3. The molecule has 4 heteroatoms. The first-order chi connectivity index (χ1) is 9.22. The summed E-state index contributed by atoms with van der Waals surface area (Å²) >= 11 is 0. The number of rotatable bonds is 4. The number of anilines is 1. The molecule has 0 unspecified atom stereocenters. The molecule has 0 atom stereocenters. The highest BCUT2D eigenvalue weighted by molar-refractivity contribution is 5.95. The molecule has 1 aromatic rings. The number of ether oxygens (including phenoxy) is 1. The lowest BCUT2D eigenvalue weighted by molar-refractivity contribution is -0.0679. The molecule has 1 aromatic carbocycles. The smallest absolute Gasteiger partial charge is 0.251 e. The normalized spacial score (nSPS) is 19.2. The molecular weight excluding hydrogens is 240 g/mol. The van der Waals surface area contributed by atoms with E-state index in [1.165, 1.54) is 12.0 Å². The first-order valence-electron chi connectivity index (χ1n) is 6.93. The van der Waals surface area contributed by atoms with E-state index >= 15 is 0 Å². The predicted molar refractivity (Wildman–Crippen MR) is 74.6 cm³/mol. The lowest BCUT2D eigenvalue weighted by atomic mass is 9.80. The average molecular weight is 260 g/mol. The number of carbonyl (C=O) groups excluding carboxylic acids is 1. The maximum Gasteiger partial charge on any atom is 0.251 e. The number of benzene rings is 1. The van der Waals surface area contributed by atoms with Crippen LogP contribution >= 0.6 is 0 Å². The Balaban J connectivity index is 1.64. The van der Waals surface area contributed by atoms with Crippen LogP contribution in [0.1, 0.15) is 35.2 Å². The van der Waals surface area contributed by atoms with Gasteiger partial charge in [-0.05, 0) is 43.4 Å². The Hall–Kier alpha value is -1.55. The van der Waals surface area contributed by atoms with Crippen molar-refractivity contribution in [3.63, 3.8) is 0 Å². The summed E-state index contributed by atoms with van der Waals surface area (Å²) in [6.07, 6.45) is 4.31. The number of carbonyl (C=O) groups is 1. The highest BCUT2D eigenvalue weighted by Crippen LogP contribution is 2.34. The van der Waals surface area contributed by atoms with Gasteiger partial charge in [-0.15, -0.1) is 0 Å². The van der Waals surface area contributed by atoms with Crippen molar-refractivity contribution < 1.29 is 9.53 Å². The quantitative estimate of drug-likeness (QED) is 0.870. The highest BCUT2D eigenvalue weighted by Gasteiger charge is 2.37. The summed E-state index contributed by atoms with van der Waals surface area (Å²) < 4.78 is 5.51. The molecule has 1 fully saturated rings. The van der Waals surface area contributed by atoms with E-state index in [0.29, 0.717) is 6.54 Å². The van der Waals surface area contributed by atoms with Gasteiger partial charge in [0.15, 0.2) is 0 Å². The molecule has 0 bridgehead atoms. The van der Waals surface area contributed by atoms with E-state index in [2.05, 4.69) is 10.6 Å². The van der Waals surface area contributed by atoms with Gasteiger partial charge in [0.05, 0.1) is 5.60 Å². The number of fused-ring (bicyclic) bond motifs is 1. The lowest BCUT2D eigenvalue weighted by Crippen LogP contribution is -2.49. The van der Waals surface area contributed by atoms with Crippen molar-refractivity contribution in [2.24, 2.45) is 0 Å². The van der Waals surface area contributed by atoms with Crippen LogP contribution in [0.15, 0.2) is 18.2 Å². The SMILES string of the molecule is COC1(CNC(=O)c2ccc3c(c2)NCC3)CCC1. The molecule has 1 aliphatic carbocycles. The second-order valence-corrected chi connectivity index (χ2v) is 5.47. The summed E-state index contributed by atoms with van der Waals surface area (Å²) in [5.74, 6) is -0.0141. The van der Waals surface area contributed by atoms with Gasteiger partial charge in [0.2, 0.25) is 0 Å². The van der Waals surface area contributed by atoms with Gasteiger partial charge >= 0.3 is 0 Å². The fraction of sp³-hybridized carbons (Fsp3) is 0.533. The van der Waals surface area contributed by atoms with E-state index < -0.39 is 0 Å². The summed E-state index contributed by atoms with van der Waals surface area (Å²) in [7, 11) is 1.73. The van der Waals surface area contributed by atoms with Crippen LogP contribution in [0.3, 0.4) is 0 Å². The Morgan fingerprint density at radius 2 is 2.32 bits per heavy atom. The van der Waals surface area contributed by atoms with E-state index in [1.54, 1.807) is 7.11 Å². The van der Waals surface area contributed by atoms with Crippen LogP contribution in [0.25, 0.3) is 0 Å². The van der Waals surface area contributed by atoms with E-state index in [4.69, 9.17) is 4.74 Å². The molecule has 1 amide bonds. The van der Waals surface area contributed by atoms with Crippen molar-refractivity contribution in [2.45, 2.75) is 31.3 Å². The van der Waals surface area contributed by atoms with Crippen LogP contribution < -0.4 is 10.6 Å². The fourth-order valence-electron chi connectivity index (χ4n) is 2.80. The topological polar surface area (TPSA) is 50.4 Å². The van der Waals surface area contributed by atoms with Crippen molar-refractivity contribution >= 4 is 11.6 Å². The second-order valence-electron chi connectivity index (χ2n) is 5.47. The van der Waals surface area contributed by atoms with Gasteiger partial charge in [-0.25, -0.2) is 0 Å². The molecule has 0 aromatic heterocycles. The highest BCUT2D eigenvalue weighted by atomic mass is 16.5. The summed E-state index contributed by atoms with van der Waals surface area (Å²) in [4.78, 5) is 12.2. The largest absolute Gasteiger partial charge is 0.384 e. The van der Waals surface area contributed by atoms with Crippen molar-refractivity contribution in [1.29, 1.82) is 0 Å². The third kappa shape index (κ3) is 2.32. The molecule has 1 heterocycles. The van der Waals surface area contributed by atoms with Gasteiger partial charge in [0.25, 0.3) is 5.91 Å². The standard InChI is InChI=1S/C15H20N2O2/c1-19-15(6-2-7-15)10-17-14(18)12-4-3-11-5-8-16-13(11)9-12/h3-4,9,16H,2,5-8,10H2,1H3,(H,17,18). The molecule has 102 valence electrons. The van der Waals surface area contributed by atoms with Crippen molar-refractivity contribution in [1.82, 2.24) is 5.32 Å². The molecule has 0 spiro atoms. The van der Waals surface area contributed by atoms with E-state index in [0.717, 1.165) is 37.1 Å². The molecule has 3 rings (SSSR count). The third-order valence-corrected chi connectivity index (χ3v) is 4.35. The molecule has 1 aliphatic heterocycles. The molecule has 19 heavy (non-hydrogen) atoms. The summed E-state index contributed by atoms with van der Waals surface area (Å²) in [6, 6.07) is 5.89. The first kappa shape index (κ1) is 12.5. The van der Waals surface area contributed by atoms with E-state index in [9.17, 15) is 4.79 Å². The average Bonchev–Trinajstić information content (AvgIpc) is 2.84. The van der Waals surface area contributed by atoms with Gasteiger partial charge in [0.1, 0.15) is 0 Å². The maximum atomic E-state index is 12.2. The molecule has 0 radical (unpaired) electrons. The molecule has 2 aliphatic rings. The Morgan fingerprint density at radius 1 is 1.47 bits per heavy atom. The van der Waals surface area contributed by atoms with Gasteiger partial charge in [-0.1, -0.05) is 6.07 Å². The fourth-order valence-corrected chi connectivity index (χ4v) is 2.80. The second kappa shape index (κ2) is 4.85. The number of amides is 1. The number of nitrogens with one attached hydrogen (secondary N) is 2. The Kier molecular flexibility index (Phi) is 3.19. The number of methoxy groups -OCH3 is 1. The van der Waals surface area contributed by atoms with Crippen molar-refractivity contribution in [3.8, 4) is 0 Å². The van der Waals surface area contributed by atoms with Crippen molar-refractivity contribution in [3.05, 3.63) is 29.3 Å². The number of hydrogen-bond acceptors (Lipinski definition) is 3. The number of hydrogen-bond donors (Lipinski definition) is 2. The third-order valence-electron chi connectivity index (χ3n) is 4.35. The van der Waals surface area contributed by atoms with E-state index in [-0.39, 0.29) is 11.5 Å². The molecule has 1 saturated carbocycles. The van der Waals surface area contributed by atoms with Gasteiger partial charge in [-0.2, -0.15) is 0 Å². The Morgan fingerprint density at radius 3 is 3.00 bits per heavy atom. The minimum atomic E-state index is -0.120. The zero-order valence-corrected chi connectivity index (χ0v) is 11.3. The molecular formula is C15H20N2O2. The van der Waals surface area contributed by atoms with Gasteiger partial charge in [-0.3, -0.25) is 4.79 Å². The predicted octanol–water partition coefficient (Wildman–Crippen LogP) is 1.95. The minimum Gasteiger partial charge on any atom is -0.384 e. The summed E-state index contributed by atoms with van der Waals surface area (Å²) in [6.45, 7) is 1.57. The molecule has 4 nitrogen and oxygen atoms in total. The Labute approximate surface area is 113 Å². The van der Waals surface area contributed by atoms with Crippen LogP contribution in [0.4, 0.5) is 5.69 Å². The van der Waals surface area contributed by atoms with Crippen LogP contribution in [-0.4, -0.2) is 31.7 Å². The van der Waals surface area contributed by atoms with Gasteiger partial charge < -0.3 is 15.4 Å². The van der Waals surface area contributed by atoms with Crippen LogP contribution in [0.2, 0.25) is 0 Å². The monoisotopic (exact) mass is 260 g/mol. The van der Waals surface area contributed by atoms with Crippen LogP contribution in [0, 0.1) is 0 Å². The first-order valence-corrected chi connectivity index (χ1v) is 6.93. The Bertz CT molecular complexity index is 489. The molecule has 0 saturated heterocycles. The molecule has 2 N–H and O–H groups in total. The van der Waals surface area contributed by atoms with E-state index in [1.807, 2.05) is 18.2 Å². The minimum absolute atomic E-state index is 0.0141. The van der Waals surface area contributed by atoms with Crippen LogP contribution in [-0.2, 0) is 11.2 Å². The summed E-state index contributed by atoms with van der Waals surface area (Å²) in [5, 5.41) is 6.29. The zero-order chi connectivity index (χ0) is 13.3.